The van der Waals surface area contributed by atoms with Crippen molar-refractivity contribution < 1.29 is 23.0 Å². The Morgan fingerprint density at radius 2 is 2.11 bits per heavy atom. The molecule has 100 valence electrons. The van der Waals surface area contributed by atoms with Crippen LogP contribution in [0.5, 0.6) is 5.75 Å². The SMILES string of the molecule is COC(=O)C(C)Oc1ccc(F)c(CCN)c1F. The minimum Gasteiger partial charge on any atom is -0.476 e. The summed E-state index contributed by atoms with van der Waals surface area (Å²) in [7, 11) is 1.20. The number of methoxy groups -OCH3 is 1. The summed E-state index contributed by atoms with van der Waals surface area (Å²) in [5.74, 6) is -2.36. The van der Waals surface area contributed by atoms with Gasteiger partial charge in [-0.2, -0.15) is 0 Å². The highest BCUT2D eigenvalue weighted by atomic mass is 19.1. The Bertz CT molecular complexity index is 438. The van der Waals surface area contributed by atoms with E-state index in [1.54, 1.807) is 0 Å². The van der Waals surface area contributed by atoms with Gasteiger partial charge in [0.2, 0.25) is 0 Å². The average molecular weight is 259 g/mol. The molecule has 0 spiro atoms. The smallest absolute Gasteiger partial charge is 0.346 e. The van der Waals surface area contributed by atoms with Crippen molar-refractivity contribution in [1.82, 2.24) is 0 Å². The molecular formula is C12H15F2NO3. The Kier molecular flexibility index (Phi) is 5.03. The summed E-state index contributed by atoms with van der Waals surface area (Å²) in [6, 6.07) is 2.21. The molecule has 0 aromatic heterocycles. The minimum atomic E-state index is -0.972. The second-order valence-corrected chi connectivity index (χ2v) is 3.66. The average Bonchev–Trinajstić information content (AvgIpc) is 2.36. The van der Waals surface area contributed by atoms with E-state index in [-0.39, 0.29) is 24.3 Å². The molecule has 0 heterocycles. The molecule has 0 amide bonds. The third-order valence-corrected chi connectivity index (χ3v) is 2.38. The van der Waals surface area contributed by atoms with E-state index in [9.17, 15) is 13.6 Å². The highest BCUT2D eigenvalue weighted by molar-refractivity contribution is 5.74. The number of hydrogen-bond acceptors (Lipinski definition) is 4. The summed E-state index contributed by atoms with van der Waals surface area (Å²) in [4.78, 5) is 11.1. The molecule has 1 aromatic carbocycles. The normalized spacial score (nSPS) is 12.1. The lowest BCUT2D eigenvalue weighted by Crippen LogP contribution is -2.25. The van der Waals surface area contributed by atoms with Crippen LogP contribution in [0.4, 0.5) is 8.78 Å². The molecule has 0 aliphatic rings. The molecule has 1 atom stereocenters. The first-order chi connectivity index (χ1) is 8.51. The molecule has 0 bridgehead atoms. The zero-order chi connectivity index (χ0) is 13.7. The van der Waals surface area contributed by atoms with Crippen molar-refractivity contribution in [2.24, 2.45) is 5.73 Å². The molecule has 0 radical (unpaired) electrons. The zero-order valence-electron chi connectivity index (χ0n) is 10.2. The first kappa shape index (κ1) is 14.4. The van der Waals surface area contributed by atoms with E-state index in [2.05, 4.69) is 4.74 Å². The summed E-state index contributed by atoms with van der Waals surface area (Å²) in [5, 5.41) is 0. The highest BCUT2D eigenvalue weighted by Crippen LogP contribution is 2.24. The molecule has 4 nitrogen and oxygen atoms in total. The van der Waals surface area contributed by atoms with E-state index < -0.39 is 23.7 Å². The Hall–Kier alpha value is -1.69. The van der Waals surface area contributed by atoms with Crippen molar-refractivity contribution in [1.29, 1.82) is 0 Å². The Morgan fingerprint density at radius 3 is 2.67 bits per heavy atom. The number of halogens is 2. The molecule has 0 aliphatic carbocycles. The number of ether oxygens (including phenoxy) is 2. The van der Waals surface area contributed by atoms with Gasteiger partial charge in [-0.25, -0.2) is 13.6 Å². The molecule has 18 heavy (non-hydrogen) atoms. The Labute approximate surface area is 104 Å². The Morgan fingerprint density at radius 1 is 1.44 bits per heavy atom. The van der Waals surface area contributed by atoms with Crippen molar-refractivity contribution in [3.63, 3.8) is 0 Å². The lowest BCUT2D eigenvalue weighted by molar-refractivity contribution is -0.148. The van der Waals surface area contributed by atoms with Crippen LogP contribution < -0.4 is 10.5 Å². The summed E-state index contributed by atoms with van der Waals surface area (Å²) < 4.78 is 36.7. The van der Waals surface area contributed by atoms with E-state index in [4.69, 9.17) is 10.5 Å². The molecule has 0 fully saturated rings. The molecule has 6 heteroatoms. The maximum absolute atomic E-state index is 13.9. The van der Waals surface area contributed by atoms with Crippen molar-refractivity contribution in [3.8, 4) is 5.75 Å². The second-order valence-electron chi connectivity index (χ2n) is 3.66. The van der Waals surface area contributed by atoms with Crippen LogP contribution in [-0.2, 0) is 16.0 Å². The fourth-order valence-corrected chi connectivity index (χ4v) is 1.45. The zero-order valence-corrected chi connectivity index (χ0v) is 10.2. The van der Waals surface area contributed by atoms with Crippen LogP contribution >= 0.6 is 0 Å². The van der Waals surface area contributed by atoms with Crippen molar-refractivity contribution in [2.75, 3.05) is 13.7 Å². The van der Waals surface area contributed by atoms with Crippen LogP contribution in [0, 0.1) is 11.6 Å². The summed E-state index contributed by atoms with van der Waals surface area (Å²) in [5.41, 5.74) is 5.12. The van der Waals surface area contributed by atoms with Gasteiger partial charge < -0.3 is 15.2 Å². The van der Waals surface area contributed by atoms with Crippen LogP contribution in [0.15, 0.2) is 12.1 Å². The lowest BCUT2D eigenvalue weighted by atomic mass is 10.1. The van der Waals surface area contributed by atoms with Gasteiger partial charge in [0.25, 0.3) is 0 Å². The third-order valence-electron chi connectivity index (χ3n) is 2.38. The van der Waals surface area contributed by atoms with Crippen molar-refractivity contribution >= 4 is 5.97 Å². The van der Waals surface area contributed by atoms with Crippen LogP contribution in [0.1, 0.15) is 12.5 Å². The minimum absolute atomic E-state index is 0.0570. The van der Waals surface area contributed by atoms with Crippen LogP contribution in [0.2, 0.25) is 0 Å². The number of rotatable bonds is 5. The van der Waals surface area contributed by atoms with Gasteiger partial charge in [-0.05, 0) is 32.0 Å². The van der Waals surface area contributed by atoms with Gasteiger partial charge in [-0.15, -0.1) is 0 Å². The summed E-state index contributed by atoms with van der Waals surface area (Å²) in [6.07, 6.45) is -0.915. The van der Waals surface area contributed by atoms with Crippen LogP contribution in [0.25, 0.3) is 0 Å². The number of benzene rings is 1. The lowest BCUT2D eigenvalue weighted by Gasteiger charge is -2.14. The molecular weight excluding hydrogens is 244 g/mol. The van der Waals surface area contributed by atoms with Gasteiger partial charge >= 0.3 is 5.97 Å². The first-order valence-electron chi connectivity index (χ1n) is 5.42. The third kappa shape index (κ3) is 3.16. The van der Waals surface area contributed by atoms with Crippen LogP contribution in [-0.4, -0.2) is 25.7 Å². The van der Waals surface area contributed by atoms with E-state index in [0.29, 0.717) is 0 Å². The van der Waals surface area contributed by atoms with E-state index >= 15 is 0 Å². The number of carbonyl (C=O) groups excluding carboxylic acids is 1. The number of carbonyl (C=O) groups is 1. The van der Waals surface area contributed by atoms with Crippen molar-refractivity contribution in [3.05, 3.63) is 29.3 Å². The van der Waals surface area contributed by atoms with Crippen LogP contribution in [0.3, 0.4) is 0 Å². The predicted octanol–water partition coefficient (Wildman–Crippen LogP) is 1.41. The topological polar surface area (TPSA) is 61.5 Å². The Balaban J connectivity index is 2.97. The molecule has 2 N–H and O–H groups in total. The first-order valence-corrected chi connectivity index (χ1v) is 5.42. The summed E-state index contributed by atoms with van der Waals surface area (Å²) in [6.45, 7) is 1.53. The largest absolute Gasteiger partial charge is 0.476 e. The van der Waals surface area contributed by atoms with Gasteiger partial charge in [-0.1, -0.05) is 0 Å². The number of esters is 1. The second kappa shape index (κ2) is 6.30. The van der Waals surface area contributed by atoms with Gasteiger partial charge in [0.1, 0.15) is 5.82 Å². The van der Waals surface area contributed by atoms with Crippen molar-refractivity contribution in [2.45, 2.75) is 19.4 Å². The fraction of sp³-hybridized carbons (Fsp3) is 0.417. The monoisotopic (exact) mass is 259 g/mol. The molecule has 0 aliphatic heterocycles. The van der Waals surface area contributed by atoms with E-state index in [1.807, 2.05) is 0 Å². The van der Waals surface area contributed by atoms with Gasteiger partial charge in [0.05, 0.1) is 7.11 Å². The molecule has 1 rings (SSSR count). The molecule has 0 saturated carbocycles. The van der Waals surface area contributed by atoms with Gasteiger partial charge in [0.15, 0.2) is 17.7 Å². The predicted molar refractivity (Wildman–Crippen MR) is 61.2 cm³/mol. The molecule has 1 aromatic rings. The van der Waals surface area contributed by atoms with Gasteiger partial charge in [-0.3, -0.25) is 0 Å². The van der Waals surface area contributed by atoms with Gasteiger partial charge in [0, 0.05) is 5.56 Å². The van der Waals surface area contributed by atoms with E-state index in [1.165, 1.54) is 14.0 Å². The summed E-state index contributed by atoms with van der Waals surface area (Å²) >= 11 is 0. The highest BCUT2D eigenvalue weighted by Gasteiger charge is 2.20. The standard InChI is InChI=1S/C12H15F2NO3/c1-7(12(16)17-2)18-10-4-3-9(13)8(5-6-15)11(10)14/h3-4,7H,5-6,15H2,1-2H3. The molecule has 1 unspecified atom stereocenters. The molecule has 0 saturated heterocycles. The van der Waals surface area contributed by atoms with E-state index in [0.717, 1.165) is 12.1 Å². The number of nitrogens with two attached hydrogens (primary N) is 1. The number of hydrogen-bond donors (Lipinski definition) is 1. The fourth-order valence-electron chi connectivity index (χ4n) is 1.45. The quantitative estimate of drug-likeness (QED) is 0.812. The maximum Gasteiger partial charge on any atom is 0.346 e. The maximum atomic E-state index is 13.9.